The second-order valence-corrected chi connectivity index (χ2v) is 13.9. The van der Waals surface area contributed by atoms with Crippen LogP contribution in [0.3, 0.4) is 0 Å². The van der Waals surface area contributed by atoms with Crippen LogP contribution < -0.4 is 15.4 Å². The van der Waals surface area contributed by atoms with Crippen LogP contribution in [-0.2, 0) is 14.4 Å². The first-order valence-corrected chi connectivity index (χ1v) is 16.4. The van der Waals surface area contributed by atoms with Crippen LogP contribution in [0, 0.1) is 34.5 Å². The van der Waals surface area contributed by atoms with Crippen molar-refractivity contribution in [2.45, 2.75) is 90.5 Å². The summed E-state index contributed by atoms with van der Waals surface area (Å²) in [6.45, 7) is 5.29. The summed E-state index contributed by atoms with van der Waals surface area (Å²) in [7, 11) is 0. The maximum absolute atomic E-state index is 14.0. The lowest BCUT2D eigenvalue weighted by Crippen LogP contribution is -2.59. The van der Waals surface area contributed by atoms with Gasteiger partial charge in [0.2, 0.25) is 11.8 Å². The number of aliphatic carboxylic acids is 1. The standard InChI is InChI=1S/C36H46N2O5/c1-35-20-18-27-25(14-17-31-36(27,2)21-19-32(39)38-31)26(35)15-16-28(35)34(42)37-29-11-7-10-24-23(29)9-8-12-30(24)43-22-6-4-3-5-13-33(40)41/h7-12,19,21,25-28,31H,3-6,13-18,20,22H2,1-2H3,(H,37,42)(H,38,39)(H,40,41)/t25-,26-,27-,28+,31+,35-,36+/m0/s1. The predicted octanol–water partition coefficient (Wildman–Crippen LogP) is 7.11. The van der Waals surface area contributed by atoms with Gasteiger partial charge in [-0.25, -0.2) is 0 Å². The molecule has 43 heavy (non-hydrogen) atoms. The van der Waals surface area contributed by atoms with Gasteiger partial charge in [-0.15, -0.1) is 0 Å². The molecular formula is C36H46N2O5. The molecule has 3 saturated carbocycles. The lowest BCUT2D eigenvalue weighted by atomic mass is 9.48. The summed E-state index contributed by atoms with van der Waals surface area (Å²) in [5, 5.41) is 17.3. The van der Waals surface area contributed by atoms with E-state index in [4.69, 9.17) is 9.84 Å². The fraction of sp³-hybridized carbons (Fsp3) is 0.583. The van der Waals surface area contributed by atoms with Crippen LogP contribution in [0.1, 0.15) is 84.5 Å². The highest BCUT2D eigenvalue weighted by atomic mass is 16.5. The Labute approximate surface area is 254 Å². The quantitative estimate of drug-likeness (QED) is 0.258. The SMILES string of the molecule is C[C@]12C=CC(=O)N[C@@H]1CC[C@@H]1[C@@H]2CC[C@]2(C)[C@@H](C(=O)Nc3cccc4c(OCCCCCCC(=O)O)cccc34)CC[C@@H]12. The van der Waals surface area contributed by atoms with Crippen molar-refractivity contribution in [1.29, 1.82) is 0 Å². The summed E-state index contributed by atoms with van der Waals surface area (Å²) in [4.78, 5) is 36.8. The Morgan fingerprint density at radius 2 is 1.74 bits per heavy atom. The van der Waals surface area contributed by atoms with E-state index in [0.717, 1.165) is 80.0 Å². The van der Waals surface area contributed by atoms with E-state index in [9.17, 15) is 14.4 Å². The molecule has 4 aliphatic rings. The molecule has 3 N–H and O–H groups in total. The minimum Gasteiger partial charge on any atom is -0.493 e. The molecule has 1 heterocycles. The number of carbonyl (C=O) groups is 3. The van der Waals surface area contributed by atoms with Gasteiger partial charge in [-0.1, -0.05) is 57.0 Å². The van der Waals surface area contributed by atoms with E-state index in [1.54, 1.807) is 6.08 Å². The van der Waals surface area contributed by atoms with Gasteiger partial charge in [0.05, 0.1) is 6.61 Å². The Balaban J connectivity index is 1.12. The number of hydrogen-bond donors (Lipinski definition) is 3. The molecule has 2 aromatic carbocycles. The van der Waals surface area contributed by atoms with Crippen LogP contribution in [0.25, 0.3) is 10.8 Å². The number of carbonyl (C=O) groups excluding carboxylic acids is 2. The molecule has 0 spiro atoms. The van der Waals surface area contributed by atoms with Gasteiger partial charge in [0.1, 0.15) is 5.75 Å². The number of benzene rings is 2. The molecule has 0 bridgehead atoms. The molecule has 7 nitrogen and oxygen atoms in total. The van der Waals surface area contributed by atoms with Crippen molar-refractivity contribution in [3.63, 3.8) is 0 Å². The highest BCUT2D eigenvalue weighted by Gasteiger charge is 2.60. The summed E-state index contributed by atoms with van der Waals surface area (Å²) in [6.07, 6.45) is 13.9. The van der Waals surface area contributed by atoms with Crippen LogP contribution in [0.15, 0.2) is 48.6 Å². The summed E-state index contributed by atoms with van der Waals surface area (Å²) in [5.41, 5.74) is 0.819. The van der Waals surface area contributed by atoms with Crippen molar-refractivity contribution >= 4 is 34.2 Å². The minimum absolute atomic E-state index is 0.00157. The monoisotopic (exact) mass is 586 g/mol. The number of nitrogens with one attached hydrogen (secondary N) is 2. The van der Waals surface area contributed by atoms with E-state index in [0.29, 0.717) is 30.8 Å². The molecule has 7 heteroatoms. The number of rotatable bonds is 10. The van der Waals surface area contributed by atoms with Gasteiger partial charge in [-0.3, -0.25) is 14.4 Å². The van der Waals surface area contributed by atoms with E-state index < -0.39 is 5.97 Å². The third-order valence-electron chi connectivity index (χ3n) is 11.7. The Morgan fingerprint density at radius 3 is 2.58 bits per heavy atom. The van der Waals surface area contributed by atoms with Crippen molar-refractivity contribution in [2.75, 3.05) is 11.9 Å². The van der Waals surface area contributed by atoms with Crippen molar-refractivity contribution in [2.24, 2.45) is 34.5 Å². The molecule has 3 fully saturated rings. The lowest BCUT2D eigenvalue weighted by molar-refractivity contribution is -0.137. The molecule has 230 valence electrons. The second kappa shape index (κ2) is 12.0. The van der Waals surface area contributed by atoms with Crippen molar-refractivity contribution in [3.05, 3.63) is 48.6 Å². The molecule has 0 saturated heterocycles. The minimum atomic E-state index is -0.741. The molecule has 0 unspecified atom stereocenters. The van der Waals surface area contributed by atoms with E-state index in [2.05, 4.69) is 30.6 Å². The van der Waals surface area contributed by atoms with Crippen LogP contribution >= 0.6 is 0 Å². The number of carboxylic acid groups (broad SMARTS) is 1. The number of fused-ring (bicyclic) bond motifs is 6. The first kappa shape index (κ1) is 29.7. The van der Waals surface area contributed by atoms with Crippen molar-refractivity contribution < 1.29 is 24.2 Å². The number of hydrogen-bond acceptors (Lipinski definition) is 4. The lowest BCUT2D eigenvalue weighted by Gasteiger charge is -2.58. The molecular weight excluding hydrogens is 540 g/mol. The highest BCUT2D eigenvalue weighted by Crippen LogP contribution is 2.65. The number of amides is 2. The maximum atomic E-state index is 14.0. The number of ether oxygens (including phenoxy) is 1. The topological polar surface area (TPSA) is 105 Å². The molecule has 0 radical (unpaired) electrons. The molecule has 2 amide bonds. The molecule has 6 rings (SSSR count). The van der Waals surface area contributed by atoms with E-state index in [1.165, 1.54) is 0 Å². The van der Waals surface area contributed by atoms with Crippen molar-refractivity contribution in [3.8, 4) is 5.75 Å². The fourth-order valence-electron chi connectivity index (χ4n) is 9.41. The summed E-state index contributed by atoms with van der Waals surface area (Å²) in [5.74, 6) is 1.89. The Bertz CT molecular complexity index is 1420. The first-order valence-electron chi connectivity index (χ1n) is 16.4. The van der Waals surface area contributed by atoms with Gasteiger partial charge >= 0.3 is 5.97 Å². The first-order chi connectivity index (χ1) is 20.7. The Kier molecular flexibility index (Phi) is 8.27. The molecule has 7 atom stereocenters. The highest BCUT2D eigenvalue weighted by molar-refractivity contribution is 6.04. The molecule has 2 aromatic rings. The van der Waals surface area contributed by atoms with Gasteiger partial charge in [0.25, 0.3) is 0 Å². The Hall–Kier alpha value is -3.35. The number of anilines is 1. The van der Waals surface area contributed by atoms with Crippen LogP contribution in [-0.4, -0.2) is 35.5 Å². The summed E-state index contributed by atoms with van der Waals surface area (Å²) < 4.78 is 6.14. The zero-order valence-electron chi connectivity index (χ0n) is 25.6. The van der Waals surface area contributed by atoms with Crippen LogP contribution in [0.2, 0.25) is 0 Å². The molecule has 1 aliphatic heterocycles. The largest absolute Gasteiger partial charge is 0.493 e. The third kappa shape index (κ3) is 5.56. The Morgan fingerprint density at radius 1 is 0.953 bits per heavy atom. The fourth-order valence-corrected chi connectivity index (χ4v) is 9.41. The van der Waals surface area contributed by atoms with E-state index in [1.807, 2.05) is 36.4 Å². The normalized spacial score (nSPS) is 32.8. The van der Waals surface area contributed by atoms with E-state index >= 15 is 0 Å². The smallest absolute Gasteiger partial charge is 0.303 e. The average Bonchev–Trinajstić information content (AvgIpc) is 3.34. The van der Waals surface area contributed by atoms with Gasteiger partial charge in [-0.2, -0.15) is 0 Å². The van der Waals surface area contributed by atoms with Gasteiger partial charge in [-0.05, 0) is 92.7 Å². The molecule has 3 aliphatic carbocycles. The van der Waals surface area contributed by atoms with Gasteiger partial charge in [0, 0.05) is 40.3 Å². The third-order valence-corrected chi connectivity index (χ3v) is 11.7. The van der Waals surface area contributed by atoms with E-state index in [-0.39, 0.29) is 41.0 Å². The maximum Gasteiger partial charge on any atom is 0.303 e. The zero-order valence-corrected chi connectivity index (χ0v) is 25.6. The average molecular weight is 587 g/mol. The van der Waals surface area contributed by atoms with Crippen molar-refractivity contribution in [1.82, 2.24) is 5.32 Å². The van der Waals surface area contributed by atoms with Crippen LogP contribution in [0.4, 0.5) is 5.69 Å². The second-order valence-electron chi connectivity index (χ2n) is 13.9. The summed E-state index contributed by atoms with van der Waals surface area (Å²) in [6, 6.07) is 12.2. The van der Waals surface area contributed by atoms with Gasteiger partial charge in [0.15, 0.2) is 0 Å². The zero-order chi connectivity index (χ0) is 30.2. The van der Waals surface area contributed by atoms with Crippen LogP contribution in [0.5, 0.6) is 5.75 Å². The number of carboxylic acids is 1. The van der Waals surface area contributed by atoms with Gasteiger partial charge < -0.3 is 20.5 Å². The predicted molar refractivity (Wildman–Crippen MR) is 168 cm³/mol. The molecule has 0 aromatic heterocycles. The summed E-state index contributed by atoms with van der Waals surface area (Å²) >= 11 is 0. The number of unbranched alkanes of at least 4 members (excludes halogenated alkanes) is 3.